The highest BCUT2D eigenvalue weighted by atomic mass is 16.5. The number of hydrogen-bond acceptors (Lipinski definition) is 3. The molecule has 2 heterocycles. The van der Waals surface area contributed by atoms with E-state index in [4.69, 9.17) is 4.74 Å². The van der Waals surface area contributed by atoms with Gasteiger partial charge >= 0.3 is 0 Å². The van der Waals surface area contributed by atoms with Gasteiger partial charge in [0.2, 0.25) is 5.88 Å². The van der Waals surface area contributed by atoms with Crippen molar-refractivity contribution in [2.45, 2.75) is 6.61 Å². The fraction of sp³-hybridized carbons (Fsp3) is 0.0833. The topological polar surface area (TPSA) is 62.3 Å². The minimum Gasteiger partial charge on any atom is -0.503 e. The van der Waals surface area contributed by atoms with Crippen molar-refractivity contribution in [3.63, 3.8) is 0 Å². The van der Waals surface area contributed by atoms with Gasteiger partial charge in [0.15, 0.2) is 5.75 Å². The van der Waals surface area contributed by atoms with Gasteiger partial charge in [0.05, 0.1) is 0 Å². The fourth-order valence-corrected chi connectivity index (χ4v) is 1.88. The first-order valence-electron chi connectivity index (χ1n) is 4.93. The zero-order valence-electron chi connectivity index (χ0n) is 8.36. The van der Waals surface area contributed by atoms with E-state index in [0.717, 1.165) is 16.7 Å². The molecular formula is C12H9NO3. The van der Waals surface area contributed by atoms with Gasteiger partial charge in [0, 0.05) is 5.56 Å². The number of H-pyrrole nitrogens is 1. The maximum Gasteiger partial charge on any atom is 0.292 e. The number of fused-ring (bicyclic) bond motifs is 3. The Morgan fingerprint density at radius 1 is 1.25 bits per heavy atom. The number of nitrogens with one attached hydrogen (secondary N) is 1. The lowest BCUT2D eigenvalue weighted by Crippen LogP contribution is -2.13. The van der Waals surface area contributed by atoms with Crippen molar-refractivity contribution in [1.29, 1.82) is 0 Å². The van der Waals surface area contributed by atoms with Gasteiger partial charge in [0.1, 0.15) is 6.61 Å². The number of rotatable bonds is 0. The molecule has 0 fully saturated rings. The van der Waals surface area contributed by atoms with Gasteiger partial charge in [-0.2, -0.15) is 0 Å². The first kappa shape index (κ1) is 9.03. The summed E-state index contributed by atoms with van der Waals surface area (Å²) < 4.78 is 5.42. The van der Waals surface area contributed by atoms with Crippen molar-refractivity contribution in [2.75, 3.05) is 0 Å². The molecule has 1 aliphatic rings. The van der Waals surface area contributed by atoms with Gasteiger partial charge < -0.3 is 9.84 Å². The number of aromatic hydroxyl groups is 1. The van der Waals surface area contributed by atoms with Gasteiger partial charge in [-0.05, 0) is 17.2 Å². The van der Waals surface area contributed by atoms with Crippen LogP contribution in [0.1, 0.15) is 5.56 Å². The van der Waals surface area contributed by atoms with Crippen LogP contribution in [0, 0.1) is 0 Å². The second-order valence-corrected chi connectivity index (χ2v) is 3.67. The highest BCUT2D eigenvalue weighted by Gasteiger charge is 2.18. The Bertz CT molecular complexity index is 616. The van der Waals surface area contributed by atoms with Gasteiger partial charge in [-0.1, -0.05) is 24.3 Å². The third kappa shape index (κ3) is 1.20. The van der Waals surface area contributed by atoms with Crippen LogP contribution in [0.15, 0.2) is 35.1 Å². The summed E-state index contributed by atoms with van der Waals surface area (Å²) in [7, 11) is 0. The normalized spacial score (nSPS) is 12.5. The third-order valence-corrected chi connectivity index (χ3v) is 2.66. The van der Waals surface area contributed by atoms with E-state index in [9.17, 15) is 9.90 Å². The van der Waals surface area contributed by atoms with Crippen LogP contribution in [0.3, 0.4) is 0 Å². The number of aromatic amines is 1. The van der Waals surface area contributed by atoms with E-state index in [1.54, 1.807) is 0 Å². The second-order valence-electron chi connectivity index (χ2n) is 3.67. The lowest BCUT2D eigenvalue weighted by atomic mass is 9.99. The largest absolute Gasteiger partial charge is 0.503 e. The summed E-state index contributed by atoms with van der Waals surface area (Å²) in [6.07, 6.45) is 0. The van der Waals surface area contributed by atoms with Crippen molar-refractivity contribution in [3.05, 3.63) is 46.2 Å². The number of pyridine rings is 1. The SMILES string of the molecule is O=c1[nH]c2c(cc1O)-c1ccccc1CO2. The van der Waals surface area contributed by atoms with Gasteiger partial charge in [0.25, 0.3) is 5.56 Å². The van der Waals surface area contributed by atoms with Crippen molar-refractivity contribution < 1.29 is 9.84 Å². The molecular weight excluding hydrogens is 206 g/mol. The predicted octanol–water partition coefficient (Wildman–Crippen LogP) is 1.64. The Balaban J connectivity index is 2.32. The lowest BCUT2D eigenvalue weighted by Gasteiger charge is -2.19. The Morgan fingerprint density at radius 2 is 2.06 bits per heavy atom. The number of hydrogen-bond donors (Lipinski definition) is 2. The van der Waals surface area contributed by atoms with Crippen LogP contribution >= 0.6 is 0 Å². The Labute approximate surface area is 91.1 Å². The van der Waals surface area contributed by atoms with Crippen molar-refractivity contribution in [3.8, 4) is 22.8 Å². The molecule has 2 aromatic rings. The van der Waals surface area contributed by atoms with E-state index in [0.29, 0.717) is 12.5 Å². The van der Waals surface area contributed by atoms with E-state index >= 15 is 0 Å². The Hall–Kier alpha value is -2.23. The van der Waals surface area contributed by atoms with E-state index in [1.807, 2.05) is 24.3 Å². The van der Waals surface area contributed by atoms with Crippen LogP contribution in [0.4, 0.5) is 0 Å². The van der Waals surface area contributed by atoms with Crippen LogP contribution in [0.5, 0.6) is 11.6 Å². The number of ether oxygens (including phenoxy) is 1. The molecule has 4 nitrogen and oxygen atoms in total. The standard InChI is InChI=1S/C12H9NO3/c14-10-5-9-8-4-2-1-3-7(8)6-16-12(9)13-11(10)15/h1-5,14H,6H2,(H,13,15). The van der Waals surface area contributed by atoms with Crippen LogP contribution in [0.25, 0.3) is 11.1 Å². The molecule has 0 amide bonds. The van der Waals surface area contributed by atoms with Crippen LogP contribution in [-0.2, 0) is 6.61 Å². The molecule has 3 rings (SSSR count). The summed E-state index contributed by atoms with van der Waals surface area (Å²) in [5.41, 5.74) is 2.22. The highest BCUT2D eigenvalue weighted by molar-refractivity contribution is 5.74. The average Bonchev–Trinajstić information content (AvgIpc) is 2.31. The lowest BCUT2D eigenvalue weighted by molar-refractivity contribution is 0.288. The molecule has 1 aliphatic heterocycles. The van der Waals surface area contributed by atoms with Crippen LogP contribution in [0.2, 0.25) is 0 Å². The molecule has 1 aromatic heterocycles. The molecule has 80 valence electrons. The minimum absolute atomic E-state index is 0.293. The fourth-order valence-electron chi connectivity index (χ4n) is 1.88. The van der Waals surface area contributed by atoms with Gasteiger partial charge in [-0.3, -0.25) is 9.78 Å². The van der Waals surface area contributed by atoms with E-state index < -0.39 is 5.56 Å². The summed E-state index contributed by atoms with van der Waals surface area (Å²) >= 11 is 0. The monoisotopic (exact) mass is 215 g/mol. The molecule has 0 aliphatic carbocycles. The zero-order valence-corrected chi connectivity index (χ0v) is 8.36. The van der Waals surface area contributed by atoms with E-state index in [1.165, 1.54) is 6.07 Å². The molecule has 0 saturated carbocycles. The summed E-state index contributed by atoms with van der Waals surface area (Å²) in [6, 6.07) is 9.18. The van der Waals surface area contributed by atoms with Gasteiger partial charge in [-0.15, -0.1) is 0 Å². The summed E-state index contributed by atoms with van der Waals surface area (Å²) in [4.78, 5) is 13.7. The molecule has 0 saturated heterocycles. The van der Waals surface area contributed by atoms with Crippen LogP contribution < -0.4 is 10.3 Å². The van der Waals surface area contributed by atoms with Crippen molar-refractivity contribution in [2.24, 2.45) is 0 Å². The molecule has 0 radical (unpaired) electrons. The quantitative estimate of drug-likeness (QED) is 0.702. The molecule has 4 heteroatoms. The maximum atomic E-state index is 11.2. The van der Waals surface area contributed by atoms with Crippen molar-refractivity contribution in [1.82, 2.24) is 4.98 Å². The predicted molar refractivity (Wildman–Crippen MR) is 58.5 cm³/mol. The maximum absolute atomic E-state index is 11.2. The average molecular weight is 215 g/mol. The van der Waals surface area contributed by atoms with E-state index in [-0.39, 0.29) is 5.75 Å². The summed E-state index contributed by atoms with van der Waals surface area (Å²) in [6.45, 7) is 0.434. The van der Waals surface area contributed by atoms with Crippen LogP contribution in [-0.4, -0.2) is 10.1 Å². The Kier molecular flexibility index (Phi) is 1.77. The first-order chi connectivity index (χ1) is 7.75. The highest BCUT2D eigenvalue weighted by Crippen LogP contribution is 2.36. The molecule has 16 heavy (non-hydrogen) atoms. The summed E-state index contributed by atoms with van der Waals surface area (Å²) in [5.74, 6) is 0.126. The summed E-state index contributed by atoms with van der Waals surface area (Å²) in [5, 5.41) is 9.40. The number of aromatic nitrogens is 1. The van der Waals surface area contributed by atoms with Gasteiger partial charge in [-0.25, -0.2) is 0 Å². The molecule has 0 spiro atoms. The minimum atomic E-state index is -0.530. The second kappa shape index (κ2) is 3.13. The number of benzene rings is 1. The molecule has 0 atom stereocenters. The van der Waals surface area contributed by atoms with Crippen molar-refractivity contribution >= 4 is 0 Å². The smallest absolute Gasteiger partial charge is 0.292 e. The van der Waals surface area contributed by atoms with E-state index in [2.05, 4.69) is 4.98 Å². The molecule has 2 N–H and O–H groups in total. The first-order valence-corrected chi connectivity index (χ1v) is 4.93. The Morgan fingerprint density at radius 3 is 2.94 bits per heavy atom. The third-order valence-electron chi connectivity index (χ3n) is 2.66. The molecule has 1 aromatic carbocycles. The molecule has 0 unspecified atom stereocenters. The molecule has 0 bridgehead atoms. The zero-order chi connectivity index (χ0) is 11.1.